The van der Waals surface area contributed by atoms with Crippen LogP contribution in [-0.4, -0.2) is 179 Å². The van der Waals surface area contributed by atoms with Crippen molar-refractivity contribution in [3.8, 4) is 0 Å². The van der Waals surface area contributed by atoms with Gasteiger partial charge in [-0.25, -0.2) is 0 Å². The van der Waals surface area contributed by atoms with Crippen molar-refractivity contribution in [3.05, 3.63) is 110 Å². The van der Waals surface area contributed by atoms with E-state index in [1.807, 2.05) is 19.9 Å². The van der Waals surface area contributed by atoms with E-state index in [0.29, 0.717) is 43.1 Å². The molecule has 0 bridgehead atoms. The second-order valence-corrected chi connectivity index (χ2v) is 38.2. The van der Waals surface area contributed by atoms with Gasteiger partial charge < -0.3 is 61.7 Å². The third-order valence-corrected chi connectivity index (χ3v) is 26.3. The molecule has 3 N–H and O–H groups in total. The molecule has 3 aromatic heterocycles. The van der Waals surface area contributed by atoms with Gasteiger partial charge in [-0.1, -0.05) is 88.7 Å². The number of aliphatic imine (C=N–C) groups is 1. The van der Waals surface area contributed by atoms with Crippen molar-refractivity contribution in [1.82, 2.24) is 15.0 Å². The second-order valence-electron chi connectivity index (χ2n) is 28.6. The van der Waals surface area contributed by atoms with Crippen LogP contribution in [0.15, 0.2) is 77.3 Å². The summed E-state index contributed by atoms with van der Waals surface area (Å²) in [5.74, 6) is 1.28. The maximum atomic E-state index is 12.1. The zero-order valence-corrected chi connectivity index (χ0v) is 79.3. The average molecular weight is 2050 g/mol. The Hall–Kier alpha value is -2.44. The molecule has 0 radical (unpaired) electrons. The first kappa shape index (κ1) is 102. The molecule has 0 aromatic carbocycles. The number of hydrogen-bond donors (Lipinski definition) is 3. The van der Waals surface area contributed by atoms with Gasteiger partial charge in [-0.3, -0.25) is 39.6 Å². The van der Waals surface area contributed by atoms with E-state index in [2.05, 4.69) is 145 Å². The summed E-state index contributed by atoms with van der Waals surface area (Å²) in [6.45, 7) is 43.0. The Morgan fingerprint density at radius 3 is 1.43 bits per heavy atom. The number of aromatic amines is 3. The molecule has 4 rings (SSSR count). The van der Waals surface area contributed by atoms with Crippen molar-refractivity contribution in [3.63, 3.8) is 0 Å². The van der Waals surface area contributed by atoms with Crippen molar-refractivity contribution in [2.24, 2.45) is 33.6 Å². The molecule has 0 spiro atoms. The molecule has 1 aliphatic heterocycles. The van der Waals surface area contributed by atoms with Crippen LogP contribution in [0.25, 0.3) is 6.08 Å². The number of rotatable bonds is 36. The predicted molar refractivity (Wildman–Crippen MR) is 411 cm³/mol. The van der Waals surface area contributed by atoms with Gasteiger partial charge in [0.1, 0.15) is 5.78 Å². The standard InChI is InChI=1S/C19H42O3Si2.C14H22N2O5.C14H20N2O2.C10H22O2.C8H14O3.C6H8N2O2.3S.3W/c1-16(20)17(12-14-21-23(8,9)18(2,3)4)13-15-22-24(10,11)19(5,6)7;1-14(2,9-11(17)13(20-3)21-4)12(16(18)19)8-10-6-5-7-15-10;1-14(2)9-11(13(17-3)18-4)16-12(14)8-10-6-5-7-15-10;1-9(2)10(5-7-11-3)6-8-12-4;1-6(2)5-7(9)8(10-3)11-4;9-8(10)5-3-6-2-1-4-7-6;;;;;;/h17H,12-15H2,1-11H3;5-7,12-13,15H,8-9H2,1-4H3;5-8,13,15H,9H2,1-4H3;9-10H,5-8H2,1-4H3;5,8H,1-4H3;1-2,4,7H,3,5H2;;;;;;/b;;12-8-;;;;;;;;;/i;2*6T;;;2T;;;;;;. The van der Waals surface area contributed by atoms with Crippen LogP contribution >= 0.6 is 29.5 Å². The van der Waals surface area contributed by atoms with Gasteiger partial charge in [-0.05, 0) is 143 Å². The third kappa shape index (κ3) is 48.1. The topological polar surface area (TPSA) is 290 Å². The number of H-pyrrole nitrogens is 3. The first-order valence-corrected chi connectivity index (χ1v) is 50.9. The Bertz CT molecular complexity index is 2940. The molecule has 1 atom stereocenters. The van der Waals surface area contributed by atoms with Crippen LogP contribution in [0.5, 0.6) is 0 Å². The monoisotopic (exact) mass is 2050 g/mol. The van der Waals surface area contributed by atoms with E-state index in [1.165, 1.54) is 94.6 Å². The molecule has 588 valence electrons. The fraction of sp³-hybridized carbons (Fsp3) is 0.718. The third-order valence-electron chi connectivity index (χ3n) is 17.2. The maximum absolute atomic E-state index is 12.1. The minimum atomic E-state index is -1.73. The summed E-state index contributed by atoms with van der Waals surface area (Å²) >= 11 is 3.50. The summed E-state index contributed by atoms with van der Waals surface area (Å²) in [4.78, 5) is 69.0. The Balaban J connectivity index is -0.000000384. The molecular weight excluding hydrogens is 1910 g/mol. The number of nitro groups is 2. The van der Waals surface area contributed by atoms with Crippen molar-refractivity contribution < 1.29 is 129 Å². The number of allylic oxidation sites excluding steroid dienone is 2. The van der Waals surface area contributed by atoms with Gasteiger partial charge in [0.15, 0.2) is 28.7 Å². The number of carbonyl (C=O) groups is 3. The number of ketones is 3. The van der Waals surface area contributed by atoms with E-state index in [-0.39, 0.29) is 69.1 Å². The summed E-state index contributed by atoms with van der Waals surface area (Å²) in [6.07, 6.45) is 11.2. The van der Waals surface area contributed by atoms with Gasteiger partial charge in [0.25, 0.3) is 0 Å². The summed E-state index contributed by atoms with van der Waals surface area (Å²) in [6, 6.07) is 4.88. The number of nitrogens with zero attached hydrogens (tertiary/aromatic N) is 3. The molecule has 0 aliphatic carbocycles. The number of carbonyl (C=O) groups excluding carboxylic acids is 3. The predicted octanol–water partition coefficient (Wildman–Crippen LogP) is 16.9. The normalized spacial score (nSPS) is 13.7. The first-order valence-electron chi connectivity index (χ1n) is 34.8. The molecule has 0 saturated carbocycles. The summed E-state index contributed by atoms with van der Waals surface area (Å²) in [5.41, 5.74) is 3.67. The number of Topliss-reactive ketones (excluding diaryl/α,β-unsaturated/α-hetero) is 2. The molecule has 31 heteroatoms. The number of aromatic nitrogens is 3. The summed E-state index contributed by atoms with van der Waals surface area (Å²) < 4.78 is 75.1. The van der Waals surface area contributed by atoms with E-state index in [1.54, 1.807) is 79.9 Å². The van der Waals surface area contributed by atoms with Crippen molar-refractivity contribution in [2.45, 2.75) is 216 Å². The van der Waals surface area contributed by atoms with Crippen LogP contribution in [0.1, 0.15) is 164 Å². The van der Waals surface area contributed by atoms with Gasteiger partial charge >= 0.3 is 83.4 Å². The fourth-order valence-electron chi connectivity index (χ4n) is 9.03. The van der Waals surface area contributed by atoms with Crippen molar-refractivity contribution in [1.29, 1.82) is 0 Å². The molecule has 0 saturated heterocycles. The summed E-state index contributed by atoms with van der Waals surface area (Å²) in [7, 11) is 21.3. The zero-order valence-electron chi connectivity index (χ0n) is 69.1. The first-order chi connectivity index (χ1) is 48.7. The Morgan fingerprint density at radius 1 is 0.667 bits per heavy atom. The number of hydrogen-bond acceptors (Lipinski definition) is 21. The van der Waals surface area contributed by atoms with Gasteiger partial charge in [-0.15, -0.1) is 0 Å². The van der Waals surface area contributed by atoms with Crippen LogP contribution in [0.2, 0.25) is 36.3 Å². The van der Waals surface area contributed by atoms with Gasteiger partial charge in [0.2, 0.25) is 30.9 Å². The average Bonchev–Trinajstić information content (AvgIpc) is 1.68. The SMILES string of the molecule is CC(=O)C(CCO[Si](C)(C)C(C)(C)C)CCO[Si](C)(C)C(C)(C)C.COC(OC)C(=O)C=C(C)C.COCCC(CCOC)C(C)C.[3H]c1cc[nH]c1/C=C1\N=C(C(OC)OC)CC1(C)C.[3H]c1cc[nH]c1CC([N+](=O)[O-])C(C)(C)CC(=O)C(OC)OC.[3H]c1cc[nH]c1CC[N+](=O)[O-].[S]=[W].[S]=[W].[S]=[W]. The van der Waals surface area contributed by atoms with E-state index in [9.17, 15) is 34.6 Å². The van der Waals surface area contributed by atoms with Crippen LogP contribution in [0, 0.1) is 48.8 Å². The van der Waals surface area contributed by atoms with Crippen molar-refractivity contribution >= 4 is 75.2 Å². The van der Waals surface area contributed by atoms with E-state index < -0.39 is 51.9 Å². The Labute approximate surface area is 663 Å². The van der Waals surface area contributed by atoms with E-state index in [4.69, 9.17) is 50.9 Å². The molecule has 1 unspecified atom stereocenters. The second kappa shape index (κ2) is 59.5. The molecule has 1 aliphatic rings. The van der Waals surface area contributed by atoms with Crippen LogP contribution in [0.4, 0.5) is 0 Å². The number of methoxy groups -OCH3 is 8. The number of nitrogens with one attached hydrogen (secondary N) is 3. The molecule has 0 amide bonds. The van der Waals surface area contributed by atoms with Crippen LogP contribution in [-0.2, 0) is 128 Å². The van der Waals surface area contributed by atoms with Gasteiger partial charge in [0.05, 0.1) is 22.7 Å². The zero-order chi connectivity index (χ0) is 82.9. The molecule has 102 heavy (non-hydrogen) atoms. The van der Waals surface area contributed by atoms with E-state index >= 15 is 0 Å². The Kier molecular flexibility index (Phi) is 59.3. The molecule has 23 nitrogen and oxygen atoms in total. The molecule has 3 aromatic rings. The Morgan fingerprint density at radius 2 is 1.10 bits per heavy atom. The molecule has 4 heterocycles. The molecular formula is C71H128N6O17S3Si2W3. The van der Waals surface area contributed by atoms with Crippen LogP contribution in [0.3, 0.4) is 0 Å². The van der Waals surface area contributed by atoms with Gasteiger partial charge in [0, 0.05) is 164 Å². The fourth-order valence-corrected chi connectivity index (χ4v) is 11.2. The van der Waals surface area contributed by atoms with Crippen LogP contribution < -0.4 is 0 Å². The van der Waals surface area contributed by atoms with Crippen molar-refractivity contribution in [2.75, 3.05) is 89.9 Å². The molecule has 0 fully saturated rings. The van der Waals surface area contributed by atoms with E-state index in [0.717, 1.165) is 79.8 Å². The minimum absolute atomic E-state index is 0.0551. The van der Waals surface area contributed by atoms with Gasteiger partial charge in [-0.2, -0.15) is 0 Å². The quantitative estimate of drug-likeness (QED) is 0.0160. The number of ether oxygens (including phenoxy) is 8. The summed E-state index contributed by atoms with van der Waals surface area (Å²) in [5, 5.41) is 21.8.